The maximum atomic E-state index is 12.3. The molecule has 1 heterocycles. The number of ether oxygens (including phenoxy) is 1. The van der Waals surface area contributed by atoms with Gasteiger partial charge in [0.25, 0.3) is 0 Å². The van der Waals surface area contributed by atoms with E-state index in [1.807, 2.05) is 36.1 Å². The summed E-state index contributed by atoms with van der Waals surface area (Å²) in [6, 6.07) is 7.48. The van der Waals surface area contributed by atoms with Crippen molar-refractivity contribution < 1.29 is 17.9 Å². The molecule has 23 heavy (non-hydrogen) atoms. The molecule has 1 saturated heterocycles. The number of nitrogens with two attached hydrogens (primary N) is 1. The smallest absolute Gasteiger partial charge is 0.231 e. The largest absolute Gasteiger partial charge is 0.492 e. The molecule has 1 aromatic rings. The first-order valence-electron chi connectivity index (χ1n) is 7.55. The van der Waals surface area contributed by atoms with Crippen molar-refractivity contribution in [2.45, 2.75) is 6.92 Å². The first-order valence-corrected chi connectivity index (χ1v) is 9.16. The topological polar surface area (TPSA) is 92.9 Å². The molecule has 2 rings (SSSR count). The van der Waals surface area contributed by atoms with Gasteiger partial charge in [0.05, 0.1) is 12.3 Å². The number of carbonyl (C=O) groups excluding carboxylic acids is 1. The Balaban J connectivity index is 1.78. The highest BCUT2D eigenvalue weighted by molar-refractivity contribution is 7.89. The van der Waals surface area contributed by atoms with Gasteiger partial charge < -0.3 is 10.5 Å². The molecule has 0 aromatic heterocycles. The van der Waals surface area contributed by atoms with Gasteiger partial charge in [-0.1, -0.05) is 17.7 Å². The van der Waals surface area contributed by atoms with E-state index < -0.39 is 15.9 Å². The number of aryl methyl sites for hydroxylation is 1. The highest BCUT2D eigenvalue weighted by atomic mass is 32.2. The summed E-state index contributed by atoms with van der Waals surface area (Å²) in [5.74, 6) is 0.210. The molecule has 0 spiro atoms. The lowest BCUT2D eigenvalue weighted by molar-refractivity contribution is -0.119. The van der Waals surface area contributed by atoms with Gasteiger partial charge in [-0.15, -0.1) is 0 Å². The van der Waals surface area contributed by atoms with E-state index in [9.17, 15) is 13.2 Å². The zero-order valence-corrected chi connectivity index (χ0v) is 14.1. The van der Waals surface area contributed by atoms with Crippen LogP contribution < -0.4 is 10.5 Å². The van der Waals surface area contributed by atoms with Crippen LogP contribution in [0.2, 0.25) is 0 Å². The lowest BCUT2D eigenvalue weighted by atomic mass is 10.2. The van der Waals surface area contributed by atoms with Gasteiger partial charge in [-0.2, -0.15) is 4.31 Å². The minimum atomic E-state index is -3.35. The molecule has 0 aliphatic carbocycles. The van der Waals surface area contributed by atoms with Crippen LogP contribution in [0, 0.1) is 6.92 Å². The fourth-order valence-electron chi connectivity index (χ4n) is 2.41. The van der Waals surface area contributed by atoms with Gasteiger partial charge in [-0.25, -0.2) is 8.42 Å². The molecular formula is C15H23N3O4S. The van der Waals surface area contributed by atoms with E-state index in [0.717, 1.165) is 5.56 Å². The Bertz CT molecular complexity index is 623. The Morgan fingerprint density at radius 1 is 1.17 bits per heavy atom. The number of piperazine rings is 1. The van der Waals surface area contributed by atoms with E-state index in [1.54, 1.807) is 0 Å². The molecule has 1 aliphatic rings. The van der Waals surface area contributed by atoms with E-state index in [-0.39, 0.29) is 18.9 Å². The van der Waals surface area contributed by atoms with Gasteiger partial charge in [0, 0.05) is 26.2 Å². The zero-order valence-electron chi connectivity index (χ0n) is 13.3. The fourth-order valence-corrected chi connectivity index (χ4v) is 3.69. The standard InChI is InChI=1S/C15H23N3O4S/c1-13-2-4-14(5-3-13)22-10-11-23(20,21)18-8-6-17(7-9-18)12-15(16)19/h2-5H,6-12H2,1H3,(H2,16,19). The van der Waals surface area contributed by atoms with Crippen molar-refractivity contribution in [1.29, 1.82) is 0 Å². The third-order valence-electron chi connectivity index (χ3n) is 3.74. The Hall–Kier alpha value is -1.64. The second-order valence-corrected chi connectivity index (χ2v) is 7.71. The van der Waals surface area contributed by atoms with Crippen LogP contribution in [-0.4, -0.2) is 68.6 Å². The van der Waals surface area contributed by atoms with Gasteiger partial charge in [-0.3, -0.25) is 9.69 Å². The average molecular weight is 341 g/mol. The number of rotatable bonds is 7. The van der Waals surface area contributed by atoms with E-state index in [0.29, 0.717) is 31.9 Å². The van der Waals surface area contributed by atoms with Crippen molar-refractivity contribution in [3.8, 4) is 5.75 Å². The minimum Gasteiger partial charge on any atom is -0.492 e. The van der Waals surface area contributed by atoms with Crippen LogP contribution in [-0.2, 0) is 14.8 Å². The first kappa shape index (κ1) is 17.7. The normalized spacial score (nSPS) is 17.1. The summed E-state index contributed by atoms with van der Waals surface area (Å²) >= 11 is 0. The monoisotopic (exact) mass is 341 g/mol. The van der Waals surface area contributed by atoms with Crippen LogP contribution in [0.5, 0.6) is 5.75 Å². The summed E-state index contributed by atoms with van der Waals surface area (Å²) in [6.45, 7) is 4.05. The van der Waals surface area contributed by atoms with Gasteiger partial charge in [0.2, 0.25) is 15.9 Å². The number of benzene rings is 1. The lowest BCUT2D eigenvalue weighted by Crippen LogP contribution is -2.51. The summed E-state index contributed by atoms with van der Waals surface area (Å²) in [5, 5.41) is 0. The Kier molecular flexibility index (Phi) is 5.97. The van der Waals surface area contributed by atoms with Crippen molar-refractivity contribution in [3.63, 3.8) is 0 Å². The van der Waals surface area contributed by atoms with Crippen LogP contribution in [0.3, 0.4) is 0 Å². The second-order valence-electron chi connectivity index (χ2n) is 5.62. The number of primary amides is 1. The number of sulfonamides is 1. The number of carbonyl (C=O) groups is 1. The van der Waals surface area contributed by atoms with Gasteiger partial charge >= 0.3 is 0 Å². The molecule has 1 amide bonds. The third kappa shape index (κ3) is 5.49. The molecule has 2 N–H and O–H groups in total. The molecule has 0 bridgehead atoms. The van der Waals surface area contributed by atoms with Crippen LogP contribution in [0.1, 0.15) is 5.56 Å². The highest BCUT2D eigenvalue weighted by Crippen LogP contribution is 2.12. The van der Waals surface area contributed by atoms with Gasteiger partial charge in [-0.05, 0) is 19.1 Å². The molecule has 0 radical (unpaired) electrons. The van der Waals surface area contributed by atoms with E-state index in [2.05, 4.69) is 0 Å². The Labute approximate surface area is 137 Å². The molecule has 1 aromatic carbocycles. The van der Waals surface area contributed by atoms with Gasteiger partial charge in [0.1, 0.15) is 12.4 Å². The zero-order chi connectivity index (χ0) is 16.9. The first-order chi connectivity index (χ1) is 10.9. The van der Waals surface area contributed by atoms with E-state index in [4.69, 9.17) is 10.5 Å². The van der Waals surface area contributed by atoms with Crippen molar-refractivity contribution >= 4 is 15.9 Å². The molecule has 1 fully saturated rings. The van der Waals surface area contributed by atoms with Gasteiger partial charge in [0.15, 0.2) is 0 Å². The molecule has 0 unspecified atom stereocenters. The highest BCUT2D eigenvalue weighted by Gasteiger charge is 2.27. The maximum Gasteiger partial charge on any atom is 0.231 e. The lowest BCUT2D eigenvalue weighted by Gasteiger charge is -2.33. The second kappa shape index (κ2) is 7.76. The Morgan fingerprint density at radius 3 is 2.35 bits per heavy atom. The molecule has 128 valence electrons. The van der Waals surface area contributed by atoms with Crippen LogP contribution in [0.25, 0.3) is 0 Å². The molecule has 1 aliphatic heterocycles. The summed E-state index contributed by atoms with van der Waals surface area (Å²) in [6.07, 6.45) is 0. The maximum absolute atomic E-state index is 12.3. The molecule has 0 saturated carbocycles. The molecule has 7 nitrogen and oxygen atoms in total. The SMILES string of the molecule is Cc1ccc(OCCS(=O)(=O)N2CCN(CC(N)=O)CC2)cc1. The van der Waals surface area contributed by atoms with Crippen molar-refractivity contribution in [2.24, 2.45) is 5.73 Å². The van der Waals surface area contributed by atoms with Crippen molar-refractivity contribution in [2.75, 3.05) is 45.1 Å². The average Bonchev–Trinajstić information content (AvgIpc) is 2.49. The number of hydrogen-bond acceptors (Lipinski definition) is 5. The van der Waals surface area contributed by atoms with Crippen LogP contribution in [0.15, 0.2) is 24.3 Å². The quantitative estimate of drug-likeness (QED) is 0.742. The summed E-state index contributed by atoms with van der Waals surface area (Å²) in [4.78, 5) is 12.7. The molecular weight excluding hydrogens is 318 g/mol. The van der Waals surface area contributed by atoms with Crippen LogP contribution in [0.4, 0.5) is 0 Å². The third-order valence-corrected chi connectivity index (χ3v) is 5.57. The number of nitrogens with zero attached hydrogens (tertiary/aromatic N) is 2. The summed E-state index contributed by atoms with van der Waals surface area (Å²) < 4.78 is 31.5. The number of amides is 1. The van der Waals surface area contributed by atoms with E-state index >= 15 is 0 Å². The van der Waals surface area contributed by atoms with Crippen molar-refractivity contribution in [1.82, 2.24) is 9.21 Å². The molecule has 8 heteroatoms. The van der Waals surface area contributed by atoms with Crippen LogP contribution >= 0.6 is 0 Å². The predicted octanol–water partition coefficient (Wildman–Crippen LogP) is -0.193. The predicted molar refractivity (Wildman–Crippen MR) is 87.7 cm³/mol. The Morgan fingerprint density at radius 2 is 1.78 bits per heavy atom. The number of hydrogen-bond donors (Lipinski definition) is 1. The minimum absolute atomic E-state index is 0.0588. The molecule has 0 atom stereocenters. The van der Waals surface area contributed by atoms with E-state index in [1.165, 1.54) is 4.31 Å². The van der Waals surface area contributed by atoms with Crippen molar-refractivity contribution in [3.05, 3.63) is 29.8 Å². The summed E-state index contributed by atoms with van der Waals surface area (Å²) in [5.41, 5.74) is 6.27. The summed E-state index contributed by atoms with van der Waals surface area (Å²) in [7, 11) is -3.35. The fraction of sp³-hybridized carbons (Fsp3) is 0.533.